The minimum Gasteiger partial charge on any atom is -0.462 e. The van der Waals surface area contributed by atoms with Crippen LogP contribution in [-0.4, -0.2) is 74.9 Å². The van der Waals surface area contributed by atoms with E-state index >= 15 is 0 Å². The van der Waals surface area contributed by atoms with Crippen LogP contribution in [0.2, 0.25) is 0 Å². The zero-order valence-corrected chi connectivity index (χ0v) is 39.2. The highest BCUT2D eigenvalue weighted by atomic mass is 31.2. The van der Waals surface area contributed by atoms with Gasteiger partial charge in [0.2, 0.25) is 0 Å². The lowest BCUT2D eigenvalue weighted by Gasteiger charge is -2.24. The van der Waals surface area contributed by atoms with Gasteiger partial charge in [-0.3, -0.25) is 18.6 Å². The summed E-state index contributed by atoms with van der Waals surface area (Å²) in [6.07, 6.45) is 41.5. The zero-order chi connectivity index (χ0) is 42.1. The zero-order valence-electron chi connectivity index (χ0n) is 38.4. The van der Waals surface area contributed by atoms with E-state index in [2.05, 4.69) is 13.8 Å². The SMILES string of the molecule is CCCCCCCCCCCCCCCCCCCCCCCC(=O)O[C@H](COC(=O)CCCCCCCCCCCCCC)COP(=O)(O)OCC[N+](C)(C)C. The first-order valence-corrected chi connectivity index (χ1v) is 25.8. The molecule has 0 aliphatic carbocycles. The summed E-state index contributed by atoms with van der Waals surface area (Å²) >= 11 is 0. The number of unbranched alkanes of at least 4 members (excludes halogenated alkanes) is 31. The number of hydrogen-bond donors (Lipinski definition) is 1. The Morgan fingerprint density at radius 3 is 1.12 bits per heavy atom. The van der Waals surface area contributed by atoms with E-state index in [0.717, 1.165) is 38.5 Å². The minimum atomic E-state index is -4.37. The van der Waals surface area contributed by atoms with Crippen LogP contribution in [0.5, 0.6) is 0 Å². The molecule has 0 aromatic heterocycles. The molecular weight excluding hydrogens is 737 g/mol. The lowest BCUT2D eigenvalue weighted by atomic mass is 10.0. The molecule has 0 spiro atoms. The number of esters is 2. The van der Waals surface area contributed by atoms with Gasteiger partial charge >= 0.3 is 19.8 Å². The van der Waals surface area contributed by atoms with E-state index in [1.165, 1.54) is 173 Å². The average molecular weight is 833 g/mol. The van der Waals surface area contributed by atoms with Crippen LogP contribution in [0.15, 0.2) is 0 Å². The molecule has 2 atom stereocenters. The van der Waals surface area contributed by atoms with E-state index in [0.29, 0.717) is 17.4 Å². The highest BCUT2D eigenvalue weighted by Crippen LogP contribution is 2.43. The fourth-order valence-electron chi connectivity index (χ4n) is 7.08. The molecule has 0 aromatic carbocycles. The molecule has 0 bridgehead atoms. The molecule has 0 saturated heterocycles. The highest BCUT2D eigenvalue weighted by Gasteiger charge is 2.27. The van der Waals surface area contributed by atoms with Crippen molar-refractivity contribution in [2.75, 3.05) is 47.5 Å². The van der Waals surface area contributed by atoms with E-state index in [-0.39, 0.29) is 25.6 Å². The van der Waals surface area contributed by atoms with Crippen LogP contribution in [0.25, 0.3) is 0 Å². The van der Waals surface area contributed by atoms with Crippen molar-refractivity contribution in [3.05, 3.63) is 0 Å². The number of carbonyl (C=O) groups excluding carboxylic acids is 2. The van der Waals surface area contributed by atoms with Crippen LogP contribution in [0.4, 0.5) is 0 Å². The fourth-order valence-corrected chi connectivity index (χ4v) is 7.82. The maximum Gasteiger partial charge on any atom is 0.472 e. The number of quaternary nitrogens is 1. The van der Waals surface area contributed by atoms with E-state index in [1.807, 2.05) is 21.1 Å². The van der Waals surface area contributed by atoms with Crippen molar-refractivity contribution in [3.8, 4) is 0 Å². The largest absolute Gasteiger partial charge is 0.472 e. The van der Waals surface area contributed by atoms with Crippen molar-refractivity contribution >= 4 is 19.8 Å². The number of ether oxygens (including phenoxy) is 2. The molecule has 0 fully saturated rings. The first-order chi connectivity index (χ1) is 27.5. The Labute approximate surface area is 353 Å². The Morgan fingerprint density at radius 1 is 0.474 bits per heavy atom. The van der Waals surface area contributed by atoms with Gasteiger partial charge in [-0.1, -0.05) is 213 Å². The molecule has 0 heterocycles. The third kappa shape index (κ3) is 44.4. The standard InChI is InChI=1S/C47H94NO8P/c1-6-8-10-12-14-16-18-20-21-22-23-24-25-26-27-28-30-32-34-36-38-40-47(50)56-45(44-55-57(51,52)54-42-41-48(3,4)5)43-53-46(49)39-37-35-33-31-29-19-17-15-13-11-9-7-2/h45H,6-44H2,1-5H3/p+1/t45-/m1/s1. The summed E-state index contributed by atoms with van der Waals surface area (Å²) in [6, 6.07) is 0. The quantitative estimate of drug-likeness (QED) is 0.0280. The fraction of sp³-hybridized carbons (Fsp3) is 0.957. The van der Waals surface area contributed by atoms with Crippen molar-refractivity contribution in [1.29, 1.82) is 0 Å². The van der Waals surface area contributed by atoms with E-state index in [4.69, 9.17) is 18.5 Å². The number of carbonyl (C=O) groups is 2. The molecule has 9 nitrogen and oxygen atoms in total. The molecule has 0 aliphatic rings. The third-order valence-electron chi connectivity index (χ3n) is 10.9. The van der Waals surface area contributed by atoms with Crippen molar-refractivity contribution in [1.82, 2.24) is 0 Å². The minimum absolute atomic E-state index is 0.0369. The van der Waals surface area contributed by atoms with Crippen molar-refractivity contribution in [3.63, 3.8) is 0 Å². The Morgan fingerprint density at radius 2 is 0.789 bits per heavy atom. The number of phosphoric acid groups is 1. The third-order valence-corrected chi connectivity index (χ3v) is 11.9. The molecule has 0 aromatic rings. The van der Waals surface area contributed by atoms with Gasteiger partial charge < -0.3 is 18.9 Å². The Bertz CT molecular complexity index is 943. The molecule has 0 saturated carbocycles. The summed E-state index contributed by atoms with van der Waals surface area (Å²) < 4.78 is 34.4. The molecule has 57 heavy (non-hydrogen) atoms. The molecular formula is C47H95NO8P+. The molecule has 1 N–H and O–H groups in total. The second kappa shape index (κ2) is 40.4. The molecule has 0 rings (SSSR count). The average Bonchev–Trinajstić information content (AvgIpc) is 3.16. The van der Waals surface area contributed by atoms with E-state index in [1.54, 1.807) is 0 Å². The number of likely N-dealkylation sites (N-methyl/N-ethyl adjacent to an activating group) is 1. The van der Waals surface area contributed by atoms with Crippen molar-refractivity contribution < 1.29 is 42.1 Å². The number of hydrogen-bond acceptors (Lipinski definition) is 7. The van der Waals surface area contributed by atoms with Crippen LogP contribution in [0.1, 0.15) is 239 Å². The van der Waals surface area contributed by atoms with Crippen molar-refractivity contribution in [2.45, 2.75) is 245 Å². The highest BCUT2D eigenvalue weighted by molar-refractivity contribution is 7.47. The maximum atomic E-state index is 12.7. The molecule has 0 radical (unpaired) electrons. The van der Waals surface area contributed by atoms with Gasteiger partial charge in [0.25, 0.3) is 0 Å². The topological polar surface area (TPSA) is 108 Å². The van der Waals surface area contributed by atoms with Gasteiger partial charge in [-0.05, 0) is 12.8 Å². The van der Waals surface area contributed by atoms with Gasteiger partial charge in [-0.2, -0.15) is 0 Å². The van der Waals surface area contributed by atoms with Crippen LogP contribution in [-0.2, 0) is 32.7 Å². The molecule has 1 unspecified atom stereocenters. The molecule has 0 aliphatic heterocycles. The number of phosphoric ester groups is 1. The summed E-state index contributed by atoms with van der Waals surface area (Å²) in [4.78, 5) is 35.4. The first-order valence-electron chi connectivity index (χ1n) is 24.3. The smallest absolute Gasteiger partial charge is 0.462 e. The summed E-state index contributed by atoms with van der Waals surface area (Å²) in [5.41, 5.74) is 0. The van der Waals surface area contributed by atoms with E-state index < -0.39 is 26.5 Å². The summed E-state index contributed by atoms with van der Waals surface area (Å²) in [6.45, 7) is 4.47. The maximum absolute atomic E-state index is 12.7. The monoisotopic (exact) mass is 833 g/mol. The molecule has 0 amide bonds. The lowest BCUT2D eigenvalue weighted by Crippen LogP contribution is -2.37. The van der Waals surface area contributed by atoms with Crippen LogP contribution < -0.4 is 0 Å². The summed E-state index contributed by atoms with van der Waals surface area (Å²) in [7, 11) is 1.50. The van der Waals surface area contributed by atoms with Gasteiger partial charge in [0, 0.05) is 12.8 Å². The van der Waals surface area contributed by atoms with Gasteiger partial charge in [0.05, 0.1) is 27.7 Å². The van der Waals surface area contributed by atoms with Crippen LogP contribution >= 0.6 is 7.82 Å². The Balaban J connectivity index is 4.19. The van der Waals surface area contributed by atoms with E-state index in [9.17, 15) is 19.0 Å². The number of rotatable bonds is 45. The first kappa shape index (κ1) is 56.0. The second-order valence-corrected chi connectivity index (χ2v) is 19.3. The normalized spacial score (nSPS) is 13.4. The second-order valence-electron chi connectivity index (χ2n) is 17.9. The van der Waals surface area contributed by atoms with Gasteiger partial charge in [-0.25, -0.2) is 4.57 Å². The number of nitrogens with zero attached hydrogens (tertiary/aromatic N) is 1. The van der Waals surface area contributed by atoms with Gasteiger partial charge in [0.1, 0.15) is 19.8 Å². The summed E-state index contributed by atoms with van der Waals surface area (Å²) in [5.74, 6) is -0.781. The van der Waals surface area contributed by atoms with Gasteiger partial charge in [0.15, 0.2) is 6.10 Å². The molecule has 340 valence electrons. The molecule has 10 heteroatoms. The predicted octanol–water partition coefficient (Wildman–Crippen LogP) is 14.0. The summed E-state index contributed by atoms with van der Waals surface area (Å²) in [5, 5.41) is 0. The van der Waals surface area contributed by atoms with Crippen LogP contribution in [0.3, 0.4) is 0 Å². The van der Waals surface area contributed by atoms with Gasteiger partial charge in [-0.15, -0.1) is 0 Å². The Hall–Kier alpha value is -0.990. The van der Waals surface area contributed by atoms with Crippen molar-refractivity contribution in [2.24, 2.45) is 0 Å². The lowest BCUT2D eigenvalue weighted by molar-refractivity contribution is -0.870. The van der Waals surface area contributed by atoms with Crippen LogP contribution in [0, 0.1) is 0 Å². The predicted molar refractivity (Wildman–Crippen MR) is 238 cm³/mol. The Kier molecular flexibility index (Phi) is 39.7.